The summed E-state index contributed by atoms with van der Waals surface area (Å²) in [6.45, 7) is 0. The first-order valence-electron chi connectivity index (χ1n) is 10.4. The number of halogens is 1. The number of Topliss-reactive ketones (excluding diaryl/α,β-unsaturated/α-hetero) is 4. The van der Waals surface area contributed by atoms with Crippen LogP contribution in [-0.2, 0) is 35.7 Å². The lowest BCUT2D eigenvalue weighted by Gasteiger charge is -2.52. The molecule has 14 heteroatoms. The van der Waals surface area contributed by atoms with E-state index in [9.17, 15) is 47.2 Å². The third kappa shape index (κ3) is 3.37. The molecule has 188 valence electrons. The van der Waals surface area contributed by atoms with Gasteiger partial charge in [-0.05, 0) is 44.5 Å². The summed E-state index contributed by atoms with van der Waals surface area (Å²) in [7, 11) is -2.09. The van der Waals surface area contributed by atoms with E-state index in [4.69, 9.17) is 17.3 Å². The first-order chi connectivity index (χ1) is 16.0. The zero-order chi connectivity index (χ0) is 26.4. The van der Waals surface area contributed by atoms with Crippen molar-refractivity contribution in [3.8, 4) is 5.75 Å². The molecule has 0 heterocycles. The molecule has 0 saturated heterocycles. The fourth-order valence-corrected chi connectivity index (χ4v) is 6.76. The number of fused-ring (bicyclic) bond motifs is 3. The van der Waals surface area contributed by atoms with Crippen molar-refractivity contribution in [1.82, 2.24) is 4.90 Å². The van der Waals surface area contributed by atoms with Crippen LogP contribution in [-0.4, -0.2) is 82.9 Å². The predicted molar refractivity (Wildman–Crippen MR) is 116 cm³/mol. The van der Waals surface area contributed by atoms with Gasteiger partial charge in [0.1, 0.15) is 10.6 Å². The van der Waals surface area contributed by atoms with E-state index in [0.717, 1.165) is 6.07 Å². The Morgan fingerprint density at radius 1 is 1.20 bits per heavy atom. The van der Waals surface area contributed by atoms with Crippen LogP contribution in [0, 0.1) is 23.7 Å². The van der Waals surface area contributed by atoms with E-state index in [0.29, 0.717) is 0 Å². The standard InChI is InChI=1S/C21H21ClN2O10S/c1-24(2)14-8-4-6-3-7-9(22)5-10(35(32,33)34)15(25)12(7)16(26)11(6)18(28)21(8,31)19(29)13(17(14)27)20(23)30/h5-6,8,11,13-14,25,31H,3-4H2,1-2H3,(H2,23,30)(H,32,33,34)/t6?,8-,11?,13?,14-,21-/m0/s1. The molecule has 5 N–H and O–H groups in total. The summed E-state index contributed by atoms with van der Waals surface area (Å²) in [4.78, 5) is 65.4. The number of phenols is 1. The highest BCUT2D eigenvalue weighted by Gasteiger charge is 2.69. The van der Waals surface area contributed by atoms with Gasteiger partial charge in [0.15, 0.2) is 34.7 Å². The number of primary amides is 1. The Kier molecular flexibility index (Phi) is 5.73. The molecule has 2 fully saturated rings. The molecule has 6 atom stereocenters. The smallest absolute Gasteiger partial charge is 0.298 e. The van der Waals surface area contributed by atoms with Gasteiger partial charge in [0, 0.05) is 10.9 Å². The zero-order valence-electron chi connectivity index (χ0n) is 18.4. The number of phenolic OH excluding ortho intramolecular Hbond substituents is 1. The highest BCUT2D eigenvalue weighted by Crippen LogP contribution is 2.52. The number of aromatic hydroxyl groups is 1. The second kappa shape index (κ2) is 7.90. The number of ketones is 4. The Hall–Kier alpha value is -2.71. The summed E-state index contributed by atoms with van der Waals surface area (Å²) in [5, 5.41) is 21.7. The van der Waals surface area contributed by atoms with E-state index in [1.165, 1.54) is 19.0 Å². The van der Waals surface area contributed by atoms with Gasteiger partial charge in [0.05, 0.1) is 17.5 Å². The average molecular weight is 529 g/mol. The molecule has 3 aliphatic rings. The van der Waals surface area contributed by atoms with E-state index >= 15 is 0 Å². The van der Waals surface area contributed by atoms with E-state index in [1.54, 1.807) is 0 Å². The van der Waals surface area contributed by atoms with Gasteiger partial charge in [-0.15, -0.1) is 0 Å². The lowest BCUT2D eigenvalue weighted by molar-refractivity contribution is -0.181. The number of nitrogens with two attached hydrogens (primary N) is 1. The normalized spacial score (nSPS) is 32.8. The van der Waals surface area contributed by atoms with E-state index in [1.807, 2.05) is 0 Å². The van der Waals surface area contributed by atoms with Gasteiger partial charge in [0.2, 0.25) is 5.91 Å². The highest BCUT2D eigenvalue weighted by molar-refractivity contribution is 7.86. The van der Waals surface area contributed by atoms with Crippen molar-refractivity contribution in [2.75, 3.05) is 14.1 Å². The monoisotopic (exact) mass is 528 g/mol. The number of rotatable bonds is 3. The van der Waals surface area contributed by atoms with Crippen LogP contribution in [0.4, 0.5) is 0 Å². The molecule has 3 unspecified atom stereocenters. The van der Waals surface area contributed by atoms with Crippen LogP contribution in [0.15, 0.2) is 11.0 Å². The summed E-state index contributed by atoms with van der Waals surface area (Å²) in [6, 6.07) is -0.477. The van der Waals surface area contributed by atoms with Crippen molar-refractivity contribution >= 4 is 50.8 Å². The van der Waals surface area contributed by atoms with Crippen LogP contribution >= 0.6 is 11.6 Å². The number of benzene rings is 1. The molecule has 35 heavy (non-hydrogen) atoms. The minimum Gasteiger partial charge on any atom is -0.506 e. The molecule has 4 rings (SSSR count). The first-order valence-corrected chi connectivity index (χ1v) is 12.2. The third-order valence-corrected chi connectivity index (χ3v) is 8.45. The minimum absolute atomic E-state index is 0.0194. The van der Waals surface area contributed by atoms with Crippen LogP contribution < -0.4 is 5.73 Å². The van der Waals surface area contributed by atoms with Crippen molar-refractivity contribution in [3.05, 3.63) is 22.2 Å². The van der Waals surface area contributed by atoms with E-state index in [2.05, 4.69) is 0 Å². The lowest BCUT2D eigenvalue weighted by Crippen LogP contribution is -2.74. The molecule has 0 aromatic heterocycles. The predicted octanol–water partition coefficient (Wildman–Crippen LogP) is -1.23. The molecule has 0 bridgehead atoms. The molecule has 12 nitrogen and oxygen atoms in total. The second-order valence-corrected chi connectivity index (χ2v) is 11.1. The first kappa shape index (κ1) is 25.4. The van der Waals surface area contributed by atoms with Crippen molar-refractivity contribution in [3.63, 3.8) is 0 Å². The number of likely N-dealkylation sites (N-methyl/N-ethyl adjacent to an activating group) is 1. The quantitative estimate of drug-likeness (QED) is 0.269. The molecule has 1 amide bonds. The molecule has 1 aromatic carbocycles. The Bertz CT molecular complexity index is 1340. The fourth-order valence-electron chi connectivity index (χ4n) is 5.80. The molecule has 0 radical (unpaired) electrons. The third-order valence-electron chi connectivity index (χ3n) is 7.25. The molecule has 1 aromatic rings. The van der Waals surface area contributed by atoms with Gasteiger partial charge in [-0.2, -0.15) is 8.42 Å². The lowest BCUT2D eigenvalue weighted by atomic mass is 9.52. The van der Waals surface area contributed by atoms with Gasteiger partial charge in [-0.1, -0.05) is 11.6 Å². The average Bonchev–Trinajstić information content (AvgIpc) is 2.71. The summed E-state index contributed by atoms with van der Waals surface area (Å²) in [5.41, 5.74) is 1.72. The summed E-state index contributed by atoms with van der Waals surface area (Å²) < 4.78 is 32.7. The van der Waals surface area contributed by atoms with Crippen LogP contribution in [0.2, 0.25) is 5.02 Å². The summed E-state index contributed by atoms with van der Waals surface area (Å²) in [5.74, 6) is -13.1. The molecular formula is C21H21ClN2O10S. The van der Waals surface area contributed by atoms with Crippen molar-refractivity contribution in [2.24, 2.45) is 29.4 Å². The highest BCUT2D eigenvalue weighted by atomic mass is 35.5. The SMILES string of the molecule is CN(C)[C@@H]1C(=O)C(C(N)=O)C(=O)[C@@]2(O)C(=O)C3C(=O)c4c(O)c(S(=O)(=O)O)cc(Cl)c4CC3C[C@@H]12. The number of nitrogens with zero attached hydrogens (tertiary/aromatic N) is 1. The Morgan fingerprint density at radius 3 is 2.31 bits per heavy atom. The summed E-state index contributed by atoms with van der Waals surface area (Å²) in [6.07, 6.45) is -0.314. The van der Waals surface area contributed by atoms with Crippen LogP contribution in [0.1, 0.15) is 22.3 Å². The maximum absolute atomic E-state index is 13.6. The number of hydrogen-bond acceptors (Lipinski definition) is 10. The number of amides is 1. The largest absolute Gasteiger partial charge is 0.506 e. The maximum Gasteiger partial charge on any atom is 0.298 e. The number of carbonyl (C=O) groups is 5. The number of carbonyl (C=O) groups excluding carboxylic acids is 5. The Morgan fingerprint density at radius 2 is 1.80 bits per heavy atom. The topological polar surface area (TPSA) is 209 Å². The second-order valence-electron chi connectivity index (χ2n) is 9.32. The Balaban J connectivity index is 1.91. The van der Waals surface area contributed by atoms with Crippen LogP contribution in [0.3, 0.4) is 0 Å². The summed E-state index contributed by atoms with van der Waals surface area (Å²) >= 11 is 6.16. The van der Waals surface area contributed by atoms with E-state index in [-0.39, 0.29) is 23.4 Å². The number of hydrogen-bond donors (Lipinski definition) is 4. The molecule has 0 spiro atoms. The van der Waals surface area contributed by atoms with Crippen LogP contribution in [0.25, 0.3) is 0 Å². The van der Waals surface area contributed by atoms with Gasteiger partial charge < -0.3 is 15.9 Å². The van der Waals surface area contributed by atoms with Gasteiger partial charge >= 0.3 is 0 Å². The minimum atomic E-state index is -5.00. The van der Waals surface area contributed by atoms with Crippen LogP contribution in [0.5, 0.6) is 5.75 Å². The fraction of sp³-hybridized carbons (Fsp3) is 0.476. The zero-order valence-corrected chi connectivity index (χ0v) is 20.0. The molecular weight excluding hydrogens is 508 g/mol. The molecule has 0 aliphatic heterocycles. The van der Waals surface area contributed by atoms with E-state index < -0.39 is 90.7 Å². The van der Waals surface area contributed by atoms with Crippen molar-refractivity contribution in [2.45, 2.75) is 29.4 Å². The molecule has 2 saturated carbocycles. The Labute approximate surface area is 203 Å². The van der Waals surface area contributed by atoms with Gasteiger partial charge in [0.25, 0.3) is 10.1 Å². The maximum atomic E-state index is 13.6. The van der Waals surface area contributed by atoms with Gasteiger partial charge in [-0.3, -0.25) is 33.4 Å². The van der Waals surface area contributed by atoms with Gasteiger partial charge in [-0.25, -0.2) is 0 Å². The van der Waals surface area contributed by atoms with Crippen molar-refractivity contribution < 1.29 is 47.2 Å². The molecule has 3 aliphatic carbocycles. The number of aliphatic hydroxyl groups is 1. The van der Waals surface area contributed by atoms with Crippen molar-refractivity contribution in [1.29, 1.82) is 0 Å².